The van der Waals surface area contributed by atoms with Crippen molar-refractivity contribution in [3.8, 4) is 0 Å². The molecular weight excluding hydrogens is 192 g/mol. The minimum Gasteiger partial charge on any atom is -0.478 e. The molecule has 0 spiro atoms. The molecule has 0 saturated carbocycles. The lowest BCUT2D eigenvalue weighted by Gasteiger charge is -2.05. The van der Waals surface area contributed by atoms with Gasteiger partial charge in [-0.1, -0.05) is 24.3 Å². The highest BCUT2D eigenvalue weighted by Crippen LogP contribution is 1.96. The van der Waals surface area contributed by atoms with E-state index < -0.39 is 5.97 Å². The molecule has 4 heteroatoms. The maximum Gasteiger partial charge on any atom is 0.335 e. The Morgan fingerprint density at radius 2 is 2.00 bits per heavy atom. The van der Waals surface area contributed by atoms with Crippen LogP contribution in [-0.4, -0.2) is 24.3 Å². The van der Waals surface area contributed by atoms with Crippen molar-refractivity contribution >= 4 is 5.97 Å². The van der Waals surface area contributed by atoms with Crippen molar-refractivity contribution < 1.29 is 9.90 Å². The van der Waals surface area contributed by atoms with E-state index in [1.807, 2.05) is 12.3 Å². The molecule has 0 atom stereocenters. The average molecular weight is 206 g/mol. The second-order valence-corrected chi connectivity index (χ2v) is 2.91. The Hall–Kier alpha value is -1.81. The van der Waals surface area contributed by atoms with Gasteiger partial charge in [0.15, 0.2) is 0 Å². The predicted molar refractivity (Wildman–Crippen MR) is 58.5 cm³/mol. The maximum atomic E-state index is 10.2. The Bertz CT molecular complexity index is 315. The predicted octanol–water partition coefficient (Wildman–Crippen LogP) is 1.04. The van der Waals surface area contributed by atoms with Crippen molar-refractivity contribution in [2.75, 3.05) is 13.2 Å². The van der Waals surface area contributed by atoms with Crippen molar-refractivity contribution in [2.45, 2.75) is 0 Å². The molecule has 1 heterocycles. The zero-order chi connectivity index (χ0) is 10.9. The van der Waals surface area contributed by atoms with Crippen LogP contribution in [0.4, 0.5) is 0 Å². The van der Waals surface area contributed by atoms with Gasteiger partial charge in [-0.25, -0.2) is 4.79 Å². The van der Waals surface area contributed by atoms with Crippen molar-refractivity contribution in [3.05, 3.63) is 48.2 Å². The molecule has 3 N–H and O–H groups in total. The van der Waals surface area contributed by atoms with Crippen LogP contribution in [-0.2, 0) is 0 Å². The van der Waals surface area contributed by atoms with Gasteiger partial charge in [0.05, 0.1) is 12.2 Å². The standard InChI is InChI=1S/C7H6O2.C4H8N2/c8-7(9)6-4-2-1-3-5-6;1-2-5-4-6-3-1/h1-5H,(H,8,9);1-2,5-6H,3-4H2. The smallest absolute Gasteiger partial charge is 0.335 e. The van der Waals surface area contributed by atoms with Gasteiger partial charge < -0.3 is 10.4 Å². The van der Waals surface area contributed by atoms with E-state index in [-0.39, 0.29) is 0 Å². The molecule has 0 aliphatic carbocycles. The van der Waals surface area contributed by atoms with Gasteiger partial charge >= 0.3 is 5.97 Å². The molecule has 0 radical (unpaired) electrons. The summed E-state index contributed by atoms with van der Waals surface area (Å²) < 4.78 is 0. The van der Waals surface area contributed by atoms with Crippen molar-refractivity contribution in [1.29, 1.82) is 0 Å². The summed E-state index contributed by atoms with van der Waals surface area (Å²) in [4.78, 5) is 10.2. The van der Waals surface area contributed by atoms with Gasteiger partial charge in [-0.15, -0.1) is 0 Å². The van der Waals surface area contributed by atoms with E-state index >= 15 is 0 Å². The molecule has 80 valence electrons. The third kappa shape index (κ3) is 4.83. The number of carboxylic acid groups (broad SMARTS) is 1. The highest BCUT2D eigenvalue weighted by atomic mass is 16.4. The molecule has 1 aromatic carbocycles. The lowest BCUT2D eigenvalue weighted by Crippen LogP contribution is -2.29. The van der Waals surface area contributed by atoms with Gasteiger partial charge in [-0.2, -0.15) is 0 Å². The normalized spacial score (nSPS) is 13.3. The zero-order valence-electron chi connectivity index (χ0n) is 8.31. The van der Waals surface area contributed by atoms with Crippen molar-refractivity contribution in [1.82, 2.24) is 10.6 Å². The first-order chi connectivity index (χ1) is 7.30. The quantitative estimate of drug-likeness (QED) is 0.642. The summed E-state index contributed by atoms with van der Waals surface area (Å²) in [5.74, 6) is -0.879. The molecule has 15 heavy (non-hydrogen) atoms. The molecule has 0 unspecified atom stereocenters. The minimum atomic E-state index is -0.879. The fourth-order valence-electron chi connectivity index (χ4n) is 1.01. The number of benzene rings is 1. The van der Waals surface area contributed by atoms with Gasteiger partial charge in [-0.3, -0.25) is 5.32 Å². The van der Waals surface area contributed by atoms with Gasteiger partial charge in [0.1, 0.15) is 0 Å². The zero-order valence-corrected chi connectivity index (χ0v) is 8.31. The summed E-state index contributed by atoms with van der Waals surface area (Å²) in [6.45, 7) is 1.92. The largest absolute Gasteiger partial charge is 0.478 e. The van der Waals surface area contributed by atoms with Crippen LogP contribution in [0.15, 0.2) is 42.6 Å². The Kier molecular flexibility index (Phi) is 4.97. The Morgan fingerprint density at radius 3 is 2.27 bits per heavy atom. The van der Waals surface area contributed by atoms with Crippen LogP contribution in [0.3, 0.4) is 0 Å². The number of nitrogens with one attached hydrogen (secondary N) is 2. The van der Waals surface area contributed by atoms with Gasteiger partial charge in [0.2, 0.25) is 0 Å². The number of rotatable bonds is 1. The second-order valence-electron chi connectivity index (χ2n) is 2.91. The molecule has 0 bridgehead atoms. The van der Waals surface area contributed by atoms with E-state index in [4.69, 9.17) is 5.11 Å². The monoisotopic (exact) mass is 206 g/mol. The topological polar surface area (TPSA) is 61.4 Å². The molecule has 0 aromatic heterocycles. The van der Waals surface area contributed by atoms with Gasteiger partial charge in [0, 0.05) is 6.54 Å². The Labute approximate surface area is 88.6 Å². The number of hydrogen-bond donors (Lipinski definition) is 3. The van der Waals surface area contributed by atoms with Gasteiger partial charge in [0.25, 0.3) is 0 Å². The number of carbonyl (C=O) groups is 1. The Morgan fingerprint density at radius 1 is 1.27 bits per heavy atom. The Balaban J connectivity index is 0.000000162. The van der Waals surface area contributed by atoms with E-state index in [2.05, 4.69) is 10.6 Å². The number of aromatic carboxylic acids is 1. The molecular formula is C11H14N2O2. The first-order valence-corrected chi connectivity index (χ1v) is 4.68. The van der Waals surface area contributed by atoms with E-state index in [0.717, 1.165) is 13.2 Å². The second kappa shape index (κ2) is 6.62. The molecule has 4 nitrogen and oxygen atoms in total. The molecule has 0 amide bonds. The third-order valence-corrected chi connectivity index (χ3v) is 1.75. The average Bonchev–Trinajstić information content (AvgIpc) is 2.33. The summed E-state index contributed by atoms with van der Waals surface area (Å²) in [7, 11) is 0. The van der Waals surface area contributed by atoms with E-state index in [0.29, 0.717) is 5.56 Å². The van der Waals surface area contributed by atoms with Crippen LogP contribution in [0.2, 0.25) is 0 Å². The maximum absolute atomic E-state index is 10.2. The fraction of sp³-hybridized carbons (Fsp3) is 0.182. The summed E-state index contributed by atoms with van der Waals surface area (Å²) in [5.41, 5.74) is 0.331. The van der Waals surface area contributed by atoms with Crippen LogP contribution < -0.4 is 10.6 Å². The van der Waals surface area contributed by atoms with E-state index in [1.165, 1.54) is 0 Å². The number of hydrogen-bond acceptors (Lipinski definition) is 3. The van der Waals surface area contributed by atoms with Crippen LogP contribution in [0.1, 0.15) is 10.4 Å². The van der Waals surface area contributed by atoms with Gasteiger partial charge in [-0.05, 0) is 18.3 Å². The van der Waals surface area contributed by atoms with Crippen LogP contribution in [0.25, 0.3) is 0 Å². The summed E-state index contributed by atoms with van der Waals surface area (Å²) in [5, 5.41) is 14.5. The summed E-state index contributed by atoms with van der Waals surface area (Å²) in [6, 6.07) is 8.30. The van der Waals surface area contributed by atoms with Crippen LogP contribution in [0.5, 0.6) is 0 Å². The highest BCUT2D eigenvalue weighted by Gasteiger charge is 1.96. The van der Waals surface area contributed by atoms with Crippen molar-refractivity contribution in [2.24, 2.45) is 0 Å². The van der Waals surface area contributed by atoms with E-state index in [9.17, 15) is 4.79 Å². The van der Waals surface area contributed by atoms with Crippen molar-refractivity contribution in [3.63, 3.8) is 0 Å². The lowest BCUT2D eigenvalue weighted by molar-refractivity contribution is 0.0697. The summed E-state index contributed by atoms with van der Waals surface area (Å²) in [6.07, 6.45) is 4.00. The molecule has 0 saturated heterocycles. The minimum absolute atomic E-state index is 0.331. The van der Waals surface area contributed by atoms with Crippen LogP contribution in [0, 0.1) is 0 Å². The highest BCUT2D eigenvalue weighted by molar-refractivity contribution is 5.87. The molecule has 0 fully saturated rings. The fourth-order valence-corrected chi connectivity index (χ4v) is 1.01. The molecule has 1 aliphatic heterocycles. The van der Waals surface area contributed by atoms with Crippen LogP contribution >= 0.6 is 0 Å². The molecule has 1 aliphatic rings. The summed E-state index contributed by atoms with van der Waals surface area (Å²) >= 11 is 0. The van der Waals surface area contributed by atoms with E-state index in [1.54, 1.807) is 30.3 Å². The third-order valence-electron chi connectivity index (χ3n) is 1.75. The number of carboxylic acids is 1. The lowest BCUT2D eigenvalue weighted by atomic mass is 10.2. The molecule has 2 rings (SSSR count). The SMILES string of the molecule is C1=CNCNC1.O=C(O)c1ccccc1. The molecule has 1 aromatic rings. The first-order valence-electron chi connectivity index (χ1n) is 4.68. The first kappa shape index (κ1) is 11.3.